The van der Waals surface area contributed by atoms with Crippen LogP contribution in [0, 0.1) is 18.6 Å². The minimum absolute atomic E-state index is 0.0617. The van der Waals surface area contributed by atoms with Gasteiger partial charge < -0.3 is 4.42 Å². The summed E-state index contributed by atoms with van der Waals surface area (Å²) in [5.74, 6) is 0.322. The molecule has 0 radical (unpaired) electrons. The lowest BCUT2D eigenvalue weighted by molar-refractivity contribution is 0.153. The topological polar surface area (TPSA) is 63.8 Å². The first-order valence-corrected chi connectivity index (χ1v) is 8.88. The molecule has 3 heterocycles. The second-order valence-corrected chi connectivity index (χ2v) is 6.77. The van der Waals surface area contributed by atoms with Crippen LogP contribution in [0.5, 0.6) is 0 Å². The zero-order chi connectivity index (χ0) is 20.0. The Bertz CT molecular complexity index is 1310. The van der Waals surface area contributed by atoms with E-state index in [0.717, 1.165) is 11.1 Å². The molecule has 0 unspecified atom stereocenters. The number of aromatic nitrogens is 3. The molecule has 0 bridgehead atoms. The van der Waals surface area contributed by atoms with E-state index in [2.05, 4.69) is 9.97 Å². The molecule has 4 rings (SSSR count). The number of fused-ring (bicyclic) bond motifs is 1. The molecule has 0 atom stereocenters. The van der Waals surface area contributed by atoms with Crippen LogP contribution < -0.4 is 5.56 Å². The van der Waals surface area contributed by atoms with Crippen molar-refractivity contribution in [2.75, 3.05) is 0 Å². The van der Waals surface area contributed by atoms with E-state index in [1.54, 1.807) is 18.2 Å². The number of halogens is 2. The molecule has 0 fully saturated rings. The lowest BCUT2D eigenvalue weighted by Gasteiger charge is -2.16. The van der Waals surface area contributed by atoms with Crippen molar-refractivity contribution >= 4 is 23.3 Å². The Labute approximate surface area is 163 Å². The summed E-state index contributed by atoms with van der Waals surface area (Å²) < 4.78 is 34.6. The van der Waals surface area contributed by atoms with Gasteiger partial charge in [-0.05, 0) is 61.5 Å². The third kappa shape index (κ3) is 2.86. The summed E-state index contributed by atoms with van der Waals surface area (Å²) in [6, 6.07) is 10.0. The van der Waals surface area contributed by atoms with Crippen molar-refractivity contribution in [3.63, 3.8) is 0 Å². The molecule has 5 nitrogen and oxygen atoms in total. The molecule has 0 spiro atoms. The van der Waals surface area contributed by atoms with Gasteiger partial charge in [0.25, 0.3) is 12.0 Å². The van der Waals surface area contributed by atoms with E-state index in [4.69, 9.17) is 16.6 Å². The van der Waals surface area contributed by atoms with Crippen molar-refractivity contribution in [1.82, 2.24) is 14.5 Å². The molecule has 8 heteroatoms. The molecule has 0 amide bonds. The monoisotopic (exact) mass is 399 g/mol. The summed E-state index contributed by atoms with van der Waals surface area (Å²) in [5.41, 5.74) is 1.70. The maximum Gasteiger partial charge on any atom is 0.264 e. The first-order chi connectivity index (χ1) is 13.4. The maximum absolute atomic E-state index is 13.8. The third-order valence-electron chi connectivity index (χ3n) is 4.72. The predicted molar refractivity (Wildman–Crippen MR) is 105 cm³/mol. The minimum atomic E-state index is -2.87. The first-order valence-electron chi connectivity index (χ1n) is 8.47. The van der Waals surface area contributed by atoms with E-state index in [1.165, 1.54) is 16.9 Å². The molecular formula is C20H15F2N3O2S. The number of hydrogen-bond acceptors (Lipinski definition) is 4. The van der Waals surface area contributed by atoms with Gasteiger partial charge in [0.2, 0.25) is 0 Å². The van der Waals surface area contributed by atoms with Crippen LogP contribution in [0.4, 0.5) is 8.78 Å². The molecule has 3 aromatic heterocycles. The van der Waals surface area contributed by atoms with Gasteiger partial charge in [-0.15, -0.1) is 0 Å². The Balaban J connectivity index is 2.21. The minimum Gasteiger partial charge on any atom is -0.463 e. The second-order valence-electron chi connectivity index (χ2n) is 6.39. The highest BCUT2D eigenvalue weighted by atomic mass is 32.1. The fourth-order valence-corrected chi connectivity index (χ4v) is 3.46. The van der Waals surface area contributed by atoms with E-state index >= 15 is 0 Å². The summed E-state index contributed by atoms with van der Waals surface area (Å²) in [6.07, 6.45) is -1.44. The third-order valence-corrected chi connectivity index (χ3v) is 5.00. The van der Waals surface area contributed by atoms with Gasteiger partial charge in [-0.25, -0.2) is 13.8 Å². The Morgan fingerprint density at radius 2 is 2.00 bits per heavy atom. The summed E-state index contributed by atoms with van der Waals surface area (Å²) in [4.78, 5) is 19.5. The van der Waals surface area contributed by atoms with Gasteiger partial charge in [0.05, 0.1) is 17.3 Å². The van der Waals surface area contributed by atoms with E-state index in [-0.39, 0.29) is 21.5 Å². The number of pyridine rings is 1. The van der Waals surface area contributed by atoms with Crippen LogP contribution in [0.15, 0.2) is 51.9 Å². The van der Waals surface area contributed by atoms with E-state index < -0.39 is 17.5 Å². The Morgan fingerprint density at radius 1 is 1.21 bits per heavy atom. The predicted octanol–water partition coefficient (Wildman–Crippen LogP) is 5.26. The fraction of sp³-hybridized carbons (Fsp3) is 0.150. The number of hydrogen-bond donors (Lipinski definition) is 1. The van der Waals surface area contributed by atoms with E-state index in [1.807, 2.05) is 26.0 Å². The fourth-order valence-electron chi connectivity index (χ4n) is 3.18. The molecule has 1 N–H and O–H groups in total. The van der Waals surface area contributed by atoms with Crippen molar-refractivity contribution in [3.05, 3.63) is 74.5 Å². The number of benzene rings is 1. The van der Waals surface area contributed by atoms with Gasteiger partial charge in [0.15, 0.2) is 16.2 Å². The van der Waals surface area contributed by atoms with Crippen molar-refractivity contribution in [2.24, 2.45) is 0 Å². The number of nitrogens with zero attached hydrogens (tertiary/aromatic N) is 2. The lowest BCUT2D eigenvalue weighted by Crippen LogP contribution is -2.17. The highest BCUT2D eigenvalue weighted by Gasteiger charge is 2.22. The summed E-state index contributed by atoms with van der Waals surface area (Å²) in [7, 11) is 0. The SMILES string of the molecule is Cc1cccc(-n2c(=S)[nH]c(=O)c3c(C(F)F)cc(-c4ccco4)nc32)c1C. The molecule has 142 valence electrons. The average Bonchev–Trinajstić information content (AvgIpc) is 3.18. The summed E-state index contributed by atoms with van der Waals surface area (Å²) in [6.45, 7) is 3.83. The van der Waals surface area contributed by atoms with E-state index in [9.17, 15) is 13.6 Å². The van der Waals surface area contributed by atoms with Gasteiger partial charge in [-0.2, -0.15) is 0 Å². The standard InChI is InChI=1S/C20H15F2N3O2S/c1-10-5-3-6-14(11(10)2)25-18-16(19(26)24-20(25)28)12(17(21)22)9-13(23-18)15-7-4-8-27-15/h3-9,17H,1-2H3,(H,24,26,28). The lowest BCUT2D eigenvalue weighted by atomic mass is 10.1. The normalized spacial score (nSPS) is 11.5. The van der Waals surface area contributed by atoms with Gasteiger partial charge in [-0.1, -0.05) is 12.1 Å². The Morgan fingerprint density at radius 3 is 2.68 bits per heavy atom. The zero-order valence-corrected chi connectivity index (χ0v) is 15.8. The molecule has 0 aliphatic carbocycles. The number of furan rings is 1. The van der Waals surface area contributed by atoms with Crippen molar-refractivity contribution in [1.29, 1.82) is 0 Å². The van der Waals surface area contributed by atoms with Crippen molar-refractivity contribution in [2.45, 2.75) is 20.3 Å². The van der Waals surface area contributed by atoms with Crippen molar-refractivity contribution < 1.29 is 13.2 Å². The molecule has 1 aromatic carbocycles. The number of rotatable bonds is 3. The van der Waals surface area contributed by atoms with Crippen LogP contribution in [-0.2, 0) is 0 Å². The van der Waals surface area contributed by atoms with Crippen LogP contribution >= 0.6 is 12.2 Å². The smallest absolute Gasteiger partial charge is 0.264 e. The molecule has 0 saturated heterocycles. The Hall–Kier alpha value is -3.13. The van der Waals surface area contributed by atoms with Gasteiger partial charge >= 0.3 is 0 Å². The second kappa shape index (κ2) is 6.79. The average molecular weight is 399 g/mol. The van der Waals surface area contributed by atoms with Crippen LogP contribution in [-0.4, -0.2) is 14.5 Å². The van der Waals surface area contributed by atoms with Crippen LogP contribution in [0.2, 0.25) is 0 Å². The molecule has 4 aromatic rings. The quantitative estimate of drug-likeness (QED) is 0.478. The highest BCUT2D eigenvalue weighted by Crippen LogP contribution is 2.31. The summed E-state index contributed by atoms with van der Waals surface area (Å²) in [5, 5.41) is -0.195. The first kappa shape index (κ1) is 18.2. The molecule has 0 aliphatic rings. The largest absolute Gasteiger partial charge is 0.463 e. The van der Waals surface area contributed by atoms with Crippen LogP contribution in [0.1, 0.15) is 23.1 Å². The molecule has 0 aliphatic heterocycles. The van der Waals surface area contributed by atoms with Gasteiger partial charge in [-0.3, -0.25) is 14.3 Å². The summed E-state index contributed by atoms with van der Waals surface area (Å²) >= 11 is 5.36. The van der Waals surface area contributed by atoms with Gasteiger partial charge in [0.1, 0.15) is 5.69 Å². The van der Waals surface area contributed by atoms with E-state index in [0.29, 0.717) is 11.4 Å². The number of aryl methyl sites for hydroxylation is 1. The molecular weight excluding hydrogens is 384 g/mol. The number of aromatic amines is 1. The number of H-pyrrole nitrogens is 1. The molecule has 0 saturated carbocycles. The van der Waals surface area contributed by atoms with Crippen LogP contribution in [0.25, 0.3) is 28.2 Å². The van der Waals surface area contributed by atoms with Gasteiger partial charge in [0, 0.05) is 5.56 Å². The zero-order valence-electron chi connectivity index (χ0n) is 15.0. The number of nitrogens with one attached hydrogen (secondary N) is 1. The Kier molecular flexibility index (Phi) is 4.43. The van der Waals surface area contributed by atoms with Crippen LogP contribution in [0.3, 0.4) is 0 Å². The molecule has 28 heavy (non-hydrogen) atoms. The number of alkyl halides is 2. The van der Waals surface area contributed by atoms with Crippen molar-refractivity contribution in [3.8, 4) is 17.1 Å². The maximum atomic E-state index is 13.8. The highest BCUT2D eigenvalue weighted by molar-refractivity contribution is 7.71.